The number of rotatable bonds is 5. The Balaban J connectivity index is 1.15. The second-order valence-corrected chi connectivity index (χ2v) is 12.3. The molecule has 0 N–H and O–H groups in total. The van der Waals surface area contributed by atoms with Crippen LogP contribution in [0.4, 0.5) is 0 Å². The Hall–Kier alpha value is -5.76. The fraction of sp³-hybridized carbons (Fsp3) is 0. The van der Waals surface area contributed by atoms with Crippen LogP contribution in [-0.4, -0.2) is 9.13 Å². The Labute approximate surface area is 267 Å². The first-order valence-corrected chi connectivity index (χ1v) is 16.3. The Kier molecular flexibility index (Phi) is 6.19. The number of hydrogen-bond donors (Lipinski definition) is 0. The minimum atomic E-state index is -0.00386. The summed E-state index contributed by atoms with van der Waals surface area (Å²) >= 11 is 0. The van der Waals surface area contributed by atoms with Crippen molar-refractivity contribution < 1.29 is 4.57 Å². The summed E-state index contributed by atoms with van der Waals surface area (Å²) in [5, 5.41) is 5.74. The third kappa shape index (κ3) is 4.06. The zero-order chi connectivity index (χ0) is 30.6. The Morgan fingerprint density at radius 3 is 1.17 bits per heavy atom. The first-order chi connectivity index (χ1) is 22.8. The van der Waals surface area contributed by atoms with Crippen LogP contribution in [0.15, 0.2) is 164 Å². The van der Waals surface area contributed by atoms with Gasteiger partial charge in [0.15, 0.2) is 8.46 Å². The van der Waals surface area contributed by atoms with Gasteiger partial charge in [-0.25, -0.2) is 0 Å². The van der Waals surface area contributed by atoms with Crippen molar-refractivity contribution in [2.45, 2.75) is 0 Å². The number of benzene rings is 7. The van der Waals surface area contributed by atoms with E-state index in [-0.39, 0.29) is 8.46 Å². The first-order valence-electron chi connectivity index (χ1n) is 15.4. The van der Waals surface area contributed by atoms with Crippen molar-refractivity contribution in [2.24, 2.45) is 0 Å². The van der Waals surface area contributed by atoms with Gasteiger partial charge in [-0.1, -0.05) is 109 Å². The number of hydrogen-bond acceptors (Lipinski definition) is 1. The maximum atomic E-state index is 12.5. The van der Waals surface area contributed by atoms with E-state index in [0.29, 0.717) is 0 Å². The number of aromatic nitrogens is 2. The molecule has 0 aliphatic carbocycles. The number of para-hydroxylation sites is 4. The standard InChI is InChI=1S/C42H27N2OP/c45-46-41-19-9-14-32(28-20-24-30(25-21-28)43-37-15-5-1-10-33(37)34-11-2-6-16-38(34)43)42(41)29-22-26-31(27-23-29)44-39-17-7-3-12-35(39)36-13-4-8-18-40(36)44/h1-27H. The van der Waals surface area contributed by atoms with E-state index >= 15 is 0 Å². The molecule has 0 amide bonds. The molecule has 0 spiro atoms. The van der Waals surface area contributed by atoms with E-state index in [4.69, 9.17) is 0 Å². The van der Waals surface area contributed by atoms with Gasteiger partial charge in [0.2, 0.25) is 0 Å². The lowest BCUT2D eigenvalue weighted by molar-refractivity contribution is 0.603. The number of fused-ring (bicyclic) bond motifs is 6. The molecule has 0 saturated heterocycles. The van der Waals surface area contributed by atoms with Crippen molar-refractivity contribution >= 4 is 57.4 Å². The van der Waals surface area contributed by atoms with Gasteiger partial charge in [-0.15, -0.1) is 0 Å². The molecule has 7 aromatic carbocycles. The van der Waals surface area contributed by atoms with E-state index in [1.54, 1.807) is 0 Å². The van der Waals surface area contributed by atoms with Gasteiger partial charge in [0, 0.05) is 38.5 Å². The minimum Gasteiger partial charge on any atom is -0.309 e. The average molecular weight is 607 g/mol. The molecular weight excluding hydrogens is 579 g/mol. The second kappa shape index (κ2) is 10.7. The van der Waals surface area contributed by atoms with Crippen LogP contribution < -0.4 is 5.30 Å². The normalized spacial score (nSPS) is 11.7. The van der Waals surface area contributed by atoms with Crippen LogP contribution in [-0.2, 0) is 4.57 Å². The van der Waals surface area contributed by atoms with E-state index in [1.807, 2.05) is 12.1 Å². The molecule has 3 nitrogen and oxygen atoms in total. The van der Waals surface area contributed by atoms with Gasteiger partial charge in [-0.2, -0.15) is 0 Å². The van der Waals surface area contributed by atoms with Gasteiger partial charge >= 0.3 is 0 Å². The highest BCUT2D eigenvalue weighted by Crippen LogP contribution is 2.37. The topological polar surface area (TPSA) is 26.9 Å². The molecule has 9 rings (SSSR count). The van der Waals surface area contributed by atoms with Crippen LogP contribution in [0.2, 0.25) is 0 Å². The van der Waals surface area contributed by atoms with Crippen LogP contribution in [0.5, 0.6) is 0 Å². The Morgan fingerprint density at radius 2 is 0.761 bits per heavy atom. The first kappa shape index (κ1) is 26.6. The maximum absolute atomic E-state index is 12.5. The molecule has 46 heavy (non-hydrogen) atoms. The van der Waals surface area contributed by atoms with E-state index in [9.17, 15) is 4.57 Å². The monoisotopic (exact) mass is 606 g/mol. The molecule has 2 aromatic heterocycles. The molecule has 0 aliphatic rings. The summed E-state index contributed by atoms with van der Waals surface area (Å²) in [6.07, 6.45) is 0. The third-order valence-corrected chi connectivity index (χ3v) is 9.72. The molecule has 0 bridgehead atoms. The van der Waals surface area contributed by atoms with Gasteiger partial charge in [-0.05, 0) is 71.3 Å². The Morgan fingerprint density at radius 1 is 0.370 bits per heavy atom. The summed E-state index contributed by atoms with van der Waals surface area (Å²) < 4.78 is 17.1. The van der Waals surface area contributed by atoms with Gasteiger partial charge in [0.25, 0.3) is 0 Å². The van der Waals surface area contributed by atoms with Crippen LogP contribution in [0.1, 0.15) is 0 Å². The van der Waals surface area contributed by atoms with Gasteiger partial charge < -0.3 is 9.13 Å². The lowest BCUT2D eigenvalue weighted by atomic mass is 9.94. The van der Waals surface area contributed by atoms with Crippen LogP contribution in [0.3, 0.4) is 0 Å². The van der Waals surface area contributed by atoms with Crippen molar-refractivity contribution in [3.63, 3.8) is 0 Å². The van der Waals surface area contributed by atoms with Crippen LogP contribution in [0.25, 0.3) is 77.2 Å². The van der Waals surface area contributed by atoms with E-state index in [2.05, 4.69) is 161 Å². The second-order valence-electron chi connectivity index (χ2n) is 11.6. The summed E-state index contributed by atoms with van der Waals surface area (Å²) in [7, 11) is -0.00386. The van der Waals surface area contributed by atoms with Gasteiger partial charge in [0.05, 0.1) is 27.4 Å². The van der Waals surface area contributed by atoms with Crippen LogP contribution in [0, 0.1) is 0 Å². The molecule has 216 valence electrons. The van der Waals surface area contributed by atoms with Gasteiger partial charge in [-0.3, -0.25) is 4.57 Å². The minimum absolute atomic E-state index is 0.00386. The number of nitrogens with zero attached hydrogens (tertiary/aromatic N) is 2. The van der Waals surface area contributed by atoms with Crippen molar-refractivity contribution in [2.75, 3.05) is 0 Å². The summed E-state index contributed by atoms with van der Waals surface area (Å²) in [6, 6.07) is 57.7. The molecule has 4 heteroatoms. The summed E-state index contributed by atoms with van der Waals surface area (Å²) in [6.45, 7) is 0. The molecule has 0 aliphatic heterocycles. The molecule has 2 heterocycles. The molecular formula is C42H27N2OP. The fourth-order valence-corrected chi connectivity index (χ4v) is 7.62. The quantitative estimate of drug-likeness (QED) is 0.179. The maximum Gasteiger partial charge on any atom is 0.192 e. The molecule has 0 radical (unpaired) electrons. The van der Waals surface area contributed by atoms with E-state index in [1.165, 1.54) is 43.6 Å². The molecule has 0 unspecified atom stereocenters. The largest absolute Gasteiger partial charge is 0.309 e. The summed E-state index contributed by atoms with van der Waals surface area (Å²) in [4.78, 5) is 0. The lowest BCUT2D eigenvalue weighted by Crippen LogP contribution is -2.01. The smallest absolute Gasteiger partial charge is 0.192 e. The van der Waals surface area contributed by atoms with Crippen molar-refractivity contribution in [1.29, 1.82) is 0 Å². The molecule has 0 fully saturated rings. The van der Waals surface area contributed by atoms with Gasteiger partial charge in [0.1, 0.15) is 0 Å². The highest BCUT2D eigenvalue weighted by Gasteiger charge is 2.16. The van der Waals surface area contributed by atoms with Crippen LogP contribution >= 0.6 is 8.46 Å². The van der Waals surface area contributed by atoms with E-state index in [0.717, 1.165) is 38.9 Å². The van der Waals surface area contributed by atoms with Crippen molar-refractivity contribution in [3.05, 3.63) is 164 Å². The fourth-order valence-electron chi connectivity index (χ4n) is 7.13. The zero-order valence-corrected chi connectivity index (χ0v) is 25.7. The predicted molar refractivity (Wildman–Crippen MR) is 193 cm³/mol. The average Bonchev–Trinajstić information content (AvgIpc) is 3.65. The molecule has 9 aromatic rings. The van der Waals surface area contributed by atoms with Crippen molar-refractivity contribution in [3.8, 4) is 33.6 Å². The molecule has 0 saturated carbocycles. The Bertz CT molecular complexity index is 2490. The van der Waals surface area contributed by atoms with Crippen molar-refractivity contribution in [1.82, 2.24) is 9.13 Å². The summed E-state index contributed by atoms with van der Waals surface area (Å²) in [5.41, 5.74) is 11.1. The highest BCUT2D eigenvalue weighted by atomic mass is 31.1. The predicted octanol–water partition coefficient (Wildman–Crippen LogP) is 11.1. The third-order valence-electron chi connectivity index (χ3n) is 9.15. The SMILES string of the molecule is O=Pc1cccc(-c2ccc(-n3c4ccccc4c4ccccc43)cc2)c1-c1ccc(-n2c3ccccc3c3ccccc32)cc1. The summed E-state index contributed by atoms with van der Waals surface area (Å²) in [5.74, 6) is 0. The molecule has 0 atom stereocenters. The van der Waals surface area contributed by atoms with E-state index < -0.39 is 0 Å². The zero-order valence-electron chi connectivity index (χ0n) is 24.8. The lowest BCUT2D eigenvalue weighted by Gasteiger charge is -2.15. The highest BCUT2D eigenvalue weighted by molar-refractivity contribution is 7.34.